The van der Waals surface area contributed by atoms with Crippen LogP contribution >= 0.6 is 0 Å². The van der Waals surface area contributed by atoms with E-state index in [4.69, 9.17) is 4.74 Å². The molecule has 2 saturated heterocycles. The van der Waals surface area contributed by atoms with Gasteiger partial charge in [0.2, 0.25) is 0 Å². The van der Waals surface area contributed by atoms with Gasteiger partial charge in [-0.05, 0) is 59.0 Å². The van der Waals surface area contributed by atoms with Gasteiger partial charge in [-0.2, -0.15) is 0 Å². The molecule has 4 nitrogen and oxygen atoms in total. The first kappa shape index (κ1) is 18.6. The summed E-state index contributed by atoms with van der Waals surface area (Å²) in [5.74, 6) is 0. The van der Waals surface area contributed by atoms with E-state index in [9.17, 15) is 0 Å². The van der Waals surface area contributed by atoms with Gasteiger partial charge in [-0.25, -0.2) is 0 Å². The molecular weight excluding hydrogens is 298 g/mol. The van der Waals surface area contributed by atoms with Gasteiger partial charge in [0.05, 0.1) is 12.2 Å². The monoisotopic (exact) mass is 337 g/mol. The molecule has 0 N–H and O–H groups in total. The average molecular weight is 338 g/mol. The molecule has 0 atom stereocenters. The van der Waals surface area contributed by atoms with Crippen molar-refractivity contribution in [2.75, 3.05) is 52.4 Å². The zero-order chi connectivity index (χ0) is 16.8. The molecule has 4 heteroatoms. The number of piperidine rings is 1. The summed E-state index contributed by atoms with van der Waals surface area (Å²) in [5, 5.41) is 0. The minimum Gasteiger partial charge on any atom is -0.375 e. The topological polar surface area (TPSA) is 19.0 Å². The fourth-order valence-electron chi connectivity index (χ4n) is 4.59. The SMILES string of the molecule is CC(C)N1CCN(CCCN2CCC(OC3CCCC3)CC2)CC1. The summed E-state index contributed by atoms with van der Waals surface area (Å²) >= 11 is 0. The van der Waals surface area contributed by atoms with Gasteiger partial charge in [0, 0.05) is 45.3 Å². The van der Waals surface area contributed by atoms with Crippen LogP contribution in [0, 0.1) is 0 Å². The zero-order valence-corrected chi connectivity index (χ0v) is 16.1. The molecule has 0 aromatic carbocycles. The zero-order valence-electron chi connectivity index (χ0n) is 16.1. The summed E-state index contributed by atoms with van der Waals surface area (Å²) in [6.45, 7) is 14.7. The van der Waals surface area contributed by atoms with Gasteiger partial charge < -0.3 is 14.5 Å². The van der Waals surface area contributed by atoms with E-state index in [1.54, 1.807) is 0 Å². The Hall–Kier alpha value is -0.160. The molecule has 140 valence electrons. The second-order valence-electron chi connectivity index (χ2n) is 8.41. The van der Waals surface area contributed by atoms with Crippen LogP contribution in [0.3, 0.4) is 0 Å². The lowest BCUT2D eigenvalue weighted by Crippen LogP contribution is -2.49. The highest BCUT2D eigenvalue weighted by molar-refractivity contribution is 4.77. The quantitative estimate of drug-likeness (QED) is 0.711. The highest BCUT2D eigenvalue weighted by atomic mass is 16.5. The lowest BCUT2D eigenvalue weighted by molar-refractivity contribution is -0.0393. The van der Waals surface area contributed by atoms with Crippen LogP contribution < -0.4 is 0 Å². The van der Waals surface area contributed by atoms with E-state index < -0.39 is 0 Å². The predicted octanol–water partition coefficient (Wildman–Crippen LogP) is 2.83. The second-order valence-corrected chi connectivity index (χ2v) is 8.41. The van der Waals surface area contributed by atoms with Crippen LogP contribution in [0.25, 0.3) is 0 Å². The van der Waals surface area contributed by atoms with E-state index >= 15 is 0 Å². The molecule has 24 heavy (non-hydrogen) atoms. The van der Waals surface area contributed by atoms with E-state index in [1.165, 1.54) is 97.3 Å². The van der Waals surface area contributed by atoms with Gasteiger partial charge in [-0.15, -0.1) is 0 Å². The number of ether oxygens (including phenoxy) is 1. The van der Waals surface area contributed by atoms with Crippen molar-refractivity contribution in [1.82, 2.24) is 14.7 Å². The van der Waals surface area contributed by atoms with Crippen LogP contribution in [-0.4, -0.2) is 85.3 Å². The average Bonchev–Trinajstić information content (AvgIpc) is 3.10. The fraction of sp³-hybridized carbons (Fsp3) is 1.00. The number of rotatable bonds is 7. The molecule has 0 amide bonds. The van der Waals surface area contributed by atoms with Crippen molar-refractivity contribution in [3.05, 3.63) is 0 Å². The van der Waals surface area contributed by atoms with Crippen molar-refractivity contribution in [1.29, 1.82) is 0 Å². The molecule has 0 aromatic heterocycles. The maximum absolute atomic E-state index is 6.29. The predicted molar refractivity (Wildman–Crippen MR) is 101 cm³/mol. The highest BCUT2D eigenvalue weighted by Crippen LogP contribution is 2.25. The molecule has 3 aliphatic rings. The molecule has 1 saturated carbocycles. The molecular formula is C20H39N3O. The van der Waals surface area contributed by atoms with Crippen molar-refractivity contribution in [2.45, 2.75) is 77.0 Å². The number of likely N-dealkylation sites (tertiary alicyclic amines) is 1. The molecule has 2 heterocycles. The van der Waals surface area contributed by atoms with Gasteiger partial charge in [-0.1, -0.05) is 12.8 Å². The van der Waals surface area contributed by atoms with Crippen molar-refractivity contribution in [3.63, 3.8) is 0 Å². The van der Waals surface area contributed by atoms with Gasteiger partial charge in [0.25, 0.3) is 0 Å². The number of hydrogen-bond acceptors (Lipinski definition) is 4. The van der Waals surface area contributed by atoms with Gasteiger partial charge in [0.1, 0.15) is 0 Å². The third kappa shape index (κ3) is 5.69. The minimum absolute atomic E-state index is 0.550. The lowest BCUT2D eigenvalue weighted by atomic mass is 10.1. The molecule has 1 aliphatic carbocycles. The van der Waals surface area contributed by atoms with Crippen LogP contribution in [0.5, 0.6) is 0 Å². The van der Waals surface area contributed by atoms with Crippen LogP contribution in [-0.2, 0) is 4.74 Å². The Kier molecular flexibility index (Phi) is 7.38. The summed E-state index contributed by atoms with van der Waals surface area (Å²) < 4.78 is 6.29. The standard InChI is InChI=1S/C20H39N3O/c1-18(2)23-16-14-22(15-17-23)11-5-10-21-12-8-20(9-13-21)24-19-6-3-4-7-19/h18-20H,3-17H2,1-2H3. The largest absolute Gasteiger partial charge is 0.375 e. The third-order valence-electron chi connectivity index (χ3n) is 6.31. The summed E-state index contributed by atoms with van der Waals surface area (Å²) in [6.07, 6.45) is 10.4. The second kappa shape index (κ2) is 9.51. The number of piperazine rings is 1. The fourth-order valence-corrected chi connectivity index (χ4v) is 4.59. The Morgan fingerprint density at radius 3 is 1.88 bits per heavy atom. The van der Waals surface area contributed by atoms with E-state index in [0.717, 1.165) is 0 Å². The van der Waals surface area contributed by atoms with Gasteiger partial charge in [0.15, 0.2) is 0 Å². The van der Waals surface area contributed by atoms with E-state index in [1.807, 2.05) is 0 Å². The number of hydrogen-bond donors (Lipinski definition) is 0. The lowest BCUT2D eigenvalue weighted by Gasteiger charge is -2.37. The van der Waals surface area contributed by atoms with Crippen molar-refractivity contribution < 1.29 is 4.74 Å². The van der Waals surface area contributed by atoms with Crippen molar-refractivity contribution in [2.24, 2.45) is 0 Å². The van der Waals surface area contributed by atoms with Crippen molar-refractivity contribution in [3.8, 4) is 0 Å². The first-order chi connectivity index (χ1) is 11.7. The molecule has 0 radical (unpaired) electrons. The van der Waals surface area contributed by atoms with E-state index in [0.29, 0.717) is 18.2 Å². The molecule has 3 fully saturated rings. The Bertz CT molecular complexity index is 341. The highest BCUT2D eigenvalue weighted by Gasteiger charge is 2.24. The molecule has 2 aliphatic heterocycles. The minimum atomic E-state index is 0.550. The first-order valence-corrected chi connectivity index (χ1v) is 10.5. The summed E-state index contributed by atoms with van der Waals surface area (Å²) in [6, 6.07) is 0.708. The van der Waals surface area contributed by atoms with Crippen molar-refractivity contribution >= 4 is 0 Å². The summed E-state index contributed by atoms with van der Waals surface area (Å²) in [4.78, 5) is 7.93. The van der Waals surface area contributed by atoms with Crippen LogP contribution in [0.1, 0.15) is 58.8 Å². The Labute approximate surface area is 149 Å². The van der Waals surface area contributed by atoms with Crippen LogP contribution in [0.4, 0.5) is 0 Å². The molecule has 3 rings (SSSR count). The molecule has 0 bridgehead atoms. The molecule has 0 spiro atoms. The Morgan fingerprint density at radius 1 is 0.750 bits per heavy atom. The van der Waals surface area contributed by atoms with Crippen LogP contribution in [0.15, 0.2) is 0 Å². The normalized spacial score (nSPS) is 26.6. The number of nitrogens with zero attached hydrogens (tertiary/aromatic N) is 3. The Morgan fingerprint density at radius 2 is 1.29 bits per heavy atom. The van der Waals surface area contributed by atoms with E-state index in [-0.39, 0.29) is 0 Å². The van der Waals surface area contributed by atoms with Crippen LogP contribution in [0.2, 0.25) is 0 Å². The smallest absolute Gasteiger partial charge is 0.0603 e. The molecule has 0 aromatic rings. The maximum atomic E-state index is 6.29. The Balaban J connectivity index is 1.23. The molecule has 0 unspecified atom stereocenters. The third-order valence-corrected chi connectivity index (χ3v) is 6.31. The van der Waals surface area contributed by atoms with Gasteiger partial charge >= 0.3 is 0 Å². The maximum Gasteiger partial charge on any atom is 0.0603 e. The first-order valence-electron chi connectivity index (χ1n) is 10.5. The summed E-state index contributed by atoms with van der Waals surface area (Å²) in [5.41, 5.74) is 0. The van der Waals surface area contributed by atoms with E-state index in [2.05, 4.69) is 28.5 Å². The van der Waals surface area contributed by atoms with Gasteiger partial charge in [-0.3, -0.25) is 4.90 Å². The summed E-state index contributed by atoms with van der Waals surface area (Å²) in [7, 11) is 0.